The minimum absolute atomic E-state index is 0.0126. The molecule has 0 saturated carbocycles. The van der Waals surface area contributed by atoms with Crippen LogP contribution in [0.15, 0.2) is 24.3 Å². The molecule has 10 heteroatoms. The number of benzene rings is 1. The van der Waals surface area contributed by atoms with Crippen molar-refractivity contribution in [2.45, 2.75) is 39.0 Å². The molecule has 1 aromatic heterocycles. The average molecular weight is 417 g/mol. The number of para-hydroxylation sites is 2. The maximum atomic E-state index is 13.5. The highest BCUT2D eigenvalue weighted by Gasteiger charge is 2.39. The third-order valence-electron chi connectivity index (χ3n) is 4.73. The smallest absolute Gasteiger partial charge is 0.337 e. The first-order valence-corrected chi connectivity index (χ1v) is 10.8. The summed E-state index contributed by atoms with van der Waals surface area (Å²) in [4.78, 5) is 18.1. The Hall–Kier alpha value is -2.10. The van der Waals surface area contributed by atoms with Gasteiger partial charge >= 0.3 is 6.18 Å². The summed E-state index contributed by atoms with van der Waals surface area (Å²) in [5, 5.41) is 0. The number of nitrogens with zero attached hydrogens (tertiary/aromatic N) is 3. The first kappa shape index (κ1) is 20.6. The monoisotopic (exact) mass is 417 g/mol. The average Bonchev–Trinajstić information content (AvgIpc) is 3.13. The Morgan fingerprint density at radius 1 is 1.32 bits per heavy atom. The van der Waals surface area contributed by atoms with Crippen LogP contribution in [-0.2, 0) is 27.4 Å². The fraction of sp³-hybridized carbons (Fsp3) is 0.556. The zero-order valence-electron chi connectivity index (χ0n) is 15.6. The zero-order valence-corrected chi connectivity index (χ0v) is 16.4. The Morgan fingerprint density at radius 3 is 2.57 bits per heavy atom. The first-order chi connectivity index (χ1) is 13.0. The van der Waals surface area contributed by atoms with E-state index in [4.69, 9.17) is 0 Å². The Bertz CT molecular complexity index is 983. The number of rotatable bonds is 5. The van der Waals surface area contributed by atoms with Gasteiger partial charge in [0.05, 0.1) is 22.5 Å². The minimum atomic E-state index is -4.71. The fourth-order valence-corrected chi connectivity index (χ4v) is 5.28. The number of alkyl halides is 3. The van der Waals surface area contributed by atoms with Gasteiger partial charge in [0.1, 0.15) is 6.54 Å². The molecule has 0 bridgehead atoms. The molecule has 0 unspecified atom stereocenters. The molecule has 1 saturated heterocycles. The van der Waals surface area contributed by atoms with Crippen LogP contribution < -0.4 is 0 Å². The van der Waals surface area contributed by atoms with Crippen LogP contribution in [0, 0.1) is 5.92 Å². The molecule has 6 nitrogen and oxygen atoms in total. The van der Waals surface area contributed by atoms with Crippen molar-refractivity contribution in [3.63, 3.8) is 0 Å². The van der Waals surface area contributed by atoms with E-state index in [1.165, 1.54) is 17.0 Å². The summed E-state index contributed by atoms with van der Waals surface area (Å²) < 4.78 is 64.9. The van der Waals surface area contributed by atoms with E-state index in [9.17, 15) is 26.4 Å². The van der Waals surface area contributed by atoms with E-state index in [2.05, 4.69) is 4.98 Å². The van der Waals surface area contributed by atoms with E-state index in [-0.39, 0.29) is 35.0 Å². The molecule has 1 aliphatic rings. The molecule has 1 aliphatic heterocycles. The van der Waals surface area contributed by atoms with E-state index in [0.717, 1.165) is 4.57 Å². The minimum Gasteiger partial charge on any atom is -0.337 e. The van der Waals surface area contributed by atoms with Crippen LogP contribution >= 0.6 is 0 Å². The van der Waals surface area contributed by atoms with Crippen molar-refractivity contribution in [1.29, 1.82) is 0 Å². The van der Waals surface area contributed by atoms with Crippen molar-refractivity contribution in [2.24, 2.45) is 5.92 Å². The first-order valence-electron chi connectivity index (χ1n) is 9.00. The molecule has 0 spiro atoms. The van der Waals surface area contributed by atoms with Gasteiger partial charge in [-0.1, -0.05) is 26.0 Å². The molecule has 0 N–H and O–H groups in total. The van der Waals surface area contributed by atoms with E-state index >= 15 is 0 Å². The topological polar surface area (TPSA) is 72.3 Å². The van der Waals surface area contributed by atoms with Crippen LogP contribution in [0.5, 0.6) is 0 Å². The summed E-state index contributed by atoms with van der Waals surface area (Å²) in [6.45, 7) is 3.49. The number of hydrogen-bond donors (Lipinski definition) is 0. The van der Waals surface area contributed by atoms with Crippen LogP contribution in [0.25, 0.3) is 11.0 Å². The van der Waals surface area contributed by atoms with Gasteiger partial charge in [-0.2, -0.15) is 13.2 Å². The van der Waals surface area contributed by atoms with Crippen LogP contribution in [0.3, 0.4) is 0 Å². The predicted octanol–water partition coefficient (Wildman–Crippen LogP) is 2.73. The molecule has 1 fully saturated rings. The lowest BCUT2D eigenvalue weighted by atomic mass is 10.1. The number of halogens is 3. The maximum Gasteiger partial charge on any atom is 0.449 e. The quantitative estimate of drug-likeness (QED) is 0.750. The Balaban J connectivity index is 1.96. The lowest BCUT2D eigenvalue weighted by Gasteiger charge is -2.30. The van der Waals surface area contributed by atoms with Crippen LogP contribution in [0.4, 0.5) is 13.2 Å². The van der Waals surface area contributed by atoms with E-state index < -0.39 is 40.3 Å². The van der Waals surface area contributed by atoms with Crippen molar-refractivity contribution in [2.75, 3.05) is 18.1 Å². The number of imidazole rings is 1. The largest absolute Gasteiger partial charge is 0.449 e. The van der Waals surface area contributed by atoms with Gasteiger partial charge in [-0.05, 0) is 24.5 Å². The normalized spacial score (nSPS) is 19.4. The van der Waals surface area contributed by atoms with Gasteiger partial charge in [0.25, 0.3) is 0 Å². The molecule has 1 aromatic carbocycles. The highest BCUT2D eigenvalue weighted by molar-refractivity contribution is 7.91. The summed E-state index contributed by atoms with van der Waals surface area (Å²) in [6.07, 6.45) is -4.41. The standard InChI is InChI=1S/C18H22F3N3O3S/c1-12(2)9-23(13-7-8-28(26,27)11-13)16(25)10-24-15-6-4-3-5-14(15)22-17(24)18(19,20)21/h3-6,12-13H,7-11H2,1-2H3/t13-/m0/s1. The molecule has 1 atom stereocenters. The summed E-state index contributed by atoms with van der Waals surface area (Å²) in [5.41, 5.74) is 0.369. The second-order valence-electron chi connectivity index (χ2n) is 7.50. The van der Waals surface area contributed by atoms with Gasteiger partial charge in [0.15, 0.2) is 9.84 Å². The van der Waals surface area contributed by atoms with Gasteiger partial charge in [0, 0.05) is 12.6 Å². The fourth-order valence-electron chi connectivity index (χ4n) is 3.55. The lowest BCUT2D eigenvalue weighted by molar-refractivity contribution is -0.148. The van der Waals surface area contributed by atoms with Crippen molar-refractivity contribution in [1.82, 2.24) is 14.5 Å². The van der Waals surface area contributed by atoms with E-state index in [1.807, 2.05) is 13.8 Å². The van der Waals surface area contributed by atoms with Crippen molar-refractivity contribution >= 4 is 26.8 Å². The second kappa shape index (κ2) is 7.38. The molecule has 28 heavy (non-hydrogen) atoms. The van der Waals surface area contributed by atoms with E-state index in [0.29, 0.717) is 6.42 Å². The van der Waals surface area contributed by atoms with Crippen LogP contribution in [0.2, 0.25) is 0 Å². The molecular weight excluding hydrogens is 395 g/mol. The highest BCUT2D eigenvalue weighted by Crippen LogP contribution is 2.32. The van der Waals surface area contributed by atoms with Crippen LogP contribution in [0.1, 0.15) is 26.1 Å². The van der Waals surface area contributed by atoms with Gasteiger partial charge in [-0.3, -0.25) is 4.79 Å². The predicted molar refractivity (Wildman–Crippen MR) is 98.3 cm³/mol. The van der Waals surface area contributed by atoms with Crippen LogP contribution in [-0.4, -0.2) is 52.9 Å². The van der Waals surface area contributed by atoms with Gasteiger partial charge in [0.2, 0.25) is 11.7 Å². The van der Waals surface area contributed by atoms with Gasteiger partial charge in [-0.15, -0.1) is 0 Å². The number of fused-ring (bicyclic) bond motifs is 1. The molecule has 1 amide bonds. The number of amides is 1. The molecule has 154 valence electrons. The number of aromatic nitrogens is 2. The molecule has 0 aliphatic carbocycles. The van der Waals surface area contributed by atoms with Gasteiger partial charge < -0.3 is 9.47 Å². The maximum absolute atomic E-state index is 13.5. The number of carbonyl (C=O) groups is 1. The lowest BCUT2D eigenvalue weighted by Crippen LogP contribution is -2.45. The Morgan fingerprint density at radius 2 is 2.00 bits per heavy atom. The SMILES string of the molecule is CC(C)CN(C(=O)Cn1c(C(F)(F)F)nc2ccccc21)[C@H]1CCS(=O)(=O)C1. The molecule has 2 aromatic rings. The number of hydrogen-bond acceptors (Lipinski definition) is 4. The number of sulfone groups is 1. The van der Waals surface area contributed by atoms with Gasteiger partial charge in [-0.25, -0.2) is 13.4 Å². The summed E-state index contributed by atoms with van der Waals surface area (Å²) in [7, 11) is -3.23. The molecule has 0 radical (unpaired) electrons. The Kier molecular flexibility index (Phi) is 5.44. The third-order valence-corrected chi connectivity index (χ3v) is 6.48. The third kappa shape index (κ3) is 4.31. The molecule has 3 rings (SSSR count). The second-order valence-corrected chi connectivity index (χ2v) is 9.73. The molecular formula is C18H22F3N3O3S. The van der Waals surface area contributed by atoms with Crippen molar-refractivity contribution in [3.05, 3.63) is 30.1 Å². The summed E-state index contributed by atoms with van der Waals surface area (Å²) >= 11 is 0. The summed E-state index contributed by atoms with van der Waals surface area (Å²) in [6, 6.07) is 5.60. The van der Waals surface area contributed by atoms with E-state index in [1.54, 1.807) is 12.1 Å². The van der Waals surface area contributed by atoms with Crippen molar-refractivity contribution < 1.29 is 26.4 Å². The molecule has 2 heterocycles. The van der Waals surface area contributed by atoms with Crippen molar-refractivity contribution in [3.8, 4) is 0 Å². The zero-order chi connectivity index (χ0) is 20.7. The number of carbonyl (C=O) groups excluding carboxylic acids is 1. The summed E-state index contributed by atoms with van der Waals surface area (Å²) in [5.74, 6) is -1.78. The Labute approximate surface area is 161 Å². The highest BCUT2D eigenvalue weighted by atomic mass is 32.2.